The lowest BCUT2D eigenvalue weighted by molar-refractivity contribution is 0.440. The average Bonchev–Trinajstić information content (AvgIpc) is 2.42. The van der Waals surface area contributed by atoms with Gasteiger partial charge in [-0.25, -0.2) is 0 Å². The Balaban J connectivity index is 2.11. The molecule has 0 saturated carbocycles. The Bertz CT molecular complexity index is 613. The van der Waals surface area contributed by atoms with Crippen molar-refractivity contribution in [2.45, 2.75) is 20.8 Å². The molecule has 0 aliphatic heterocycles. The van der Waals surface area contributed by atoms with Crippen molar-refractivity contribution in [3.8, 4) is 5.75 Å². The summed E-state index contributed by atoms with van der Waals surface area (Å²) in [6.45, 7) is 10.2. The zero-order valence-electron chi connectivity index (χ0n) is 12.3. The van der Waals surface area contributed by atoms with Crippen LogP contribution in [0.4, 0.5) is 0 Å². The molecule has 20 heavy (non-hydrogen) atoms. The maximum Gasteiger partial charge on any atom is 0.133 e. The first-order valence-corrected chi connectivity index (χ1v) is 6.74. The second kappa shape index (κ2) is 6.25. The van der Waals surface area contributed by atoms with Gasteiger partial charge in [-0.2, -0.15) is 0 Å². The molecule has 0 aliphatic carbocycles. The molecule has 0 unspecified atom stereocenters. The molecule has 0 heterocycles. The molecular weight excluding hydrogens is 244 g/mol. The summed E-state index contributed by atoms with van der Waals surface area (Å²) in [5.74, 6) is 1.54. The molecule has 2 rings (SSSR count). The van der Waals surface area contributed by atoms with Crippen LogP contribution in [0.15, 0.2) is 60.9 Å². The van der Waals surface area contributed by atoms with Gasteiger partial charge in [0.15, 0.2) is 0 Å². The molecule has 0 radical (unpaired) electrons. The Labute approximate surface area is 121 Å². The van der Waals surface area contributed by atoms with Crippen molar-refractivity contribution in [1.29, 1.82) is 0 Å². The first-order valence-electron chi connectivity index (χ1n) is 6.74. The maximum atomic E-state index is 5.87. The Hall–Kier alpha value is -2.28. The lowest BCUT2D eigenvalue weighted by Gasteiger charge is -2.12. The van der Waals surface area contributed by atoms with Crippen molar-refractivity contribution in [3.05, 3.63) is 83.1 Å². The molecule has 2 aromatic rings. The fourth-order valence-electron chi connectivity index (χ4n) is 2.25. The predicted octanol–water partition coefficient (Wildman–Crippen LogP) is 5.22. The molecule has 0 aromatic heterocycles. The van der Waals surface area contributed by atoms with Crippen LogP contribution in [0.5, 0.6) is 5.75 Å². The SMILES string of the molecule is C=C(/C=C/c1ccccc1)Oc1c(C)cc(C)cc1C. The van der Waals surface area contributed by atoms with E-state index in [1.54, 1.807) is 0 Å². The largest absolute Gasteiger partial charge is 0.457 e. The molecule has 0 N–H and O–H groups in total. The summed E-state index contributed by atoms with van der Waals surface area (Å²) in [5, 5.41) is 0. The molecule has 0 spiro atoms. The second-order valence-corrected chi connectivity index (χ2v) is 5.04. The smallest absolute Gasteiger partial charge is 0.133 e. The summed E-state index contributed by atoms with van der Waals surface area (Å²) >= 11 is 0. The van der Waals surface area contributed by atoms with Crippen LogP contribution in [0.1, 0.15) is 22.3 Å². The minimum absolute atomic E-state index is 0.643. The fourth-order valence-corrected chi connectivity index (χ4v) is 2.25. The van der Waals surface area contributed by atoms with Crippen LogP contribution in [-0.2, 0) is 0 Å². The van der Waals surface area contributed by atoms with Crippen molar-refractivity contribution in [2.75, 3.05) is 0 Å². The van der Waals surface area contributed by atoms with Gasteiger partial charge in [0.25, 0.3) is 0 Å². The van der Waals surface area contributed by atoms with E-state index in [4.69, 9.17) is 4.74 Å². The lowest BCUT2D eigenvalue weighted by atomic mass is 10.1. The highest BCUT2D eigenvalue weighted by Gasteiger charge is 2.05. The van der Waals surface area contributed by atoms with E-state index in [-0.39, 0.29) is 0 Å². The van der Waals surface area contributed by atoms with Gasteiger partial charge in [0.05, 0.1) is 0 Å². The highest BCUT2D eigenvalue weighted by Crippen LogP contribution is 2.26. The molecule has 0 amide bonds. The van der Waals surface area contributed by atoms with Gasteiger partial charge in [-0.1, -0.05) is 60.7 Å². The van der Waals surface area contributed by atoms with E-state index in [1.165, 1.54) is 5.56 Å². The quantitative estimate of drug-likeness (QED) is 0.543. The van der Waals surface area contributed by atoms with Crippen molar-refractivity contribution in [1.82, 2.24) is 0 Å². The minimum atomic E-state index is 0.643. The van der Waals surface area contributed by atoms with Crippen LogP contribution in [0, 0.1) is 20.8 Å². The normalized spacial score (nSPS) is 10.8. The Morgan fingerprint density at radius 2 is 1.60 bits per heavy atom. The van der Waals surface area contributed by atoms with Gasteiger partial charge in [0.1, 0.15) is 11.5 Å². The number of rotatable bonds is 4. The van der Waals surface area contributed by atoms with Crippen LogP contribution in [0.25, 0.3) is 6.08 Å². The topological polar surface area (TPSA) is 9.23 Å². The standard InChI is InChI=1S/C19H20O/c1-14-12-15(2)19(16(3)13-14)20-17(4)10-11-18-8-6-5-7-9-18/h5-13H,4H2,1-3H3/b11-10+. The number of hydrogen-bond acceptors (Lipinski definition) is 1. The Morgan fingerprint density at radius 1 is 1.00 bits per heavy atom. The third-order valence-corrected chi connectivity index (χ3v) is 3.10. The van der Waals surface area contributed by atoms with Crippen molar-refractivity contribution >= 4 is 6.08 Å². The number of benzene rings is 2. The summed E-state index contributed by atoms with van der Waals surface area (Å²) in [4.78, 5) is 0. The highest BCUT2D eigenvalue weighted by atomic mass is 16.5. The number of hydrogen-bond donors (Lipinski definition) is 0. The number of allylic oxidation sites excluding steroid dienone is 1. The molecule has 0 bridgehead atoms. The first-order chi connectivity index (χ1) is 9.56. The van der Waals surface area contributed by atoms with Gasteiger partial charge >= 0.3 is 0 Å². The van der Waals surface area contributed by atoms with Crippen LogP contribution in [0.2, 0.25) is 0 Å². The molecule has 0 saturated heterocycles. The first kappa shape index (κ1) is 14.1. The monoisotopic (exact) mass is 264 g/mol. The van der Waals surface area contributed by atoms with E-state index in [0.29, 0.717) is 5.76 Å². The predicted molar refractivity (Wildman–Crippen MR) is 85.9 cm³/mol. The maximum absolute atomic E-state index is 5.87. The van der Waals surface area contributed by atoms with E-state index >= 15 is 0 Å². The van der Waals surface area contributed by atoms with E-state index in [9.17, 15) is 0 Å². The third-order valence-electron chi connectivity index (χ3n) is 3.10. The van der Waals surface area contributed by atoms with Gasteiger partial charge < -0.3 is 4.74 Å². The summed E-state index contributed by atoms with van der Waals surface area (Å²) in [5.41, 5.74) is 4.65. The highest BCUT2D eigenvalue weighted by molar-refractivity contribution is 5.52. The molecule has 0 atom stereocenters. The molecule has 0 fully saturated rings. The number of ether oxygens (including phenoxy) is 1. The molecule has 102 valence electrons. The van der Waals surface area contributed by atoms with E-state index in [1.807, 2.05) is 42.5 Å². The van der Waals surface area contributed by atoms with Crippen molar-refractivity contribution < 1.29 is 4.74 Å². The van der Waals surface area contributed by atoms with Crippen LogP contribution in [0.3, 0.4) is 0 Å². The molecule has 1 nitrogen and oxygen atoms in total. The van der Waals surface area contributed by atoms with Crippen LogP contribution in [-0.4, -0.2) is 0 Å². The average molecular weight is 264 g/mol. The molecule has 2 aromatic carbocycles. The second-order valence-electron chi connectivity index (χ2n) is 5.04. The molecule has 0 aliphatic rings. The van der Waals surface area contributed by atoms with Gasteiger partial charge in [0.2, 0.25) is 0 Å². The fraction of sp³-hybridized carbons (Fsp3) is 0.158. The van der Waals surface area contributed by atoms with E-state index < -0.39 is 0 Å². The summed E-state index contributed by atoms with van der Waals surface area (Å²) < 4.78 is 5.87. The number of aryl methyl sites for hydroxylation is 3. The molecular formula is C19H20O. The van der Waals surface area contributed by atoms with Crippen LogP contribution >= 0.6 is 0 Å². The van der Waals surface area contributed by atoms with E-state index in [0.717, 1.165) is 22.4 Å². The Morgan fingerprint density at radius 3 is 2.20 bits per heavy atom. The molecule has 1 heteroatoms. The summed E-state index contributed by atoms with van der Waals surface area (Å²) in [7, 11) is 0. The van der Waals surface area contributed by atoms with Crippen molar-refractivity contribution in [3.63, 3.8) is 0 Å². The van der Waals surface area contributed by atoms with Gasteiger partial charge in [-0.05, 0) is 43.5 Å². The summed E-state index contributed by atoms with van der Waals surface area (Å²) in [6, 6.07) is 14.4. The summed E-state index contributed by atoms with van der Waals surface area (Å²) in [6.07, 6.45) is 3.90. The zero-order chi connectivity index (χ0) is 14.5. The zero-order valence-corrected chi connectivity index (χ0v) is 12.3. The van der Waals surface area contributed by atoms with Crippen molar-refractivity contribution in [2.24, 2.45) is 0 Å². The third kappa shape index (κ3) is 3.61. The van der Waals surface area contributed by atoms with Crippen LogP contribution < -0.4 is 4.74 Å². The lowest BCUT2D eigenvalue weighted by Crippen LogP contribution is -1.96. The van der Waals surface area contributed by atoms with Gasteiger partial charge in [-0.15, -0.1) is 0 Å². The van der Waals surface area contributed by atoms with E-state index in [2.05, 4.69) is 39.5 Å². The Kier molecular flexibility index (Phi) is 4.41. The van der Waals surface area contributed by atoms with Gasteiger partial charge in [-0.3, -0.25) is 0 Å². The minimum Gasteiger partial charge on any atom is -0.457 e. The van der Waals surface area contributed by atoms with Gasteiger partial charge in [0, 0.05) is 0 Å².